The van der Waals surface area contributed by atoms with Gasteiger partial charge in [0.1, 0.15) is 17.1 Å². The summed E-state index contributed by atoms with van der Waals surface area (Å²) in [4.78, 5) is 13.7. The van der Waals surface area contributed by atoms with Crippen LogP contribution in [0.5, 0.6) is 0 Å². The first-order chi connectivity index (χ1) is 29.4. The summed E-state index contributed by atoms with van der Waals surface area (Å²) >= 11 is 0. The number of hydrogen-bond donors (Lipinski definition) is 1. The topological polar surface area (TPSA) is 20.6 Å². The third kappa shape index (κ3) is 12.1. The lowest BCUT2D eigenvalue weighted by atomic mass is 10.1. The fourth-order valence-corrected chi connectivity index (χ4v) is 8.67. The van der Waals surface area contributed by atoms with Crippen molar-refractivity contribution in [2.75, 3.05) is 76.9 Å². The molecule has 0 radical (unpaired) electrons. The molecule has 1 N–H and O–H groups in total. The maximum atomic E-state index is 2.52. The molecule has 60 heavy (non-hydrogen) atoms. The van der Waals surface area contributed by atoms with Crippen molar-refractivity contribution in [1.82, 2.24) is 0 Å². The number of quaternary nitrogens is 1. The number of nitrogens with one attached hydrogen (secondary N) is 1. The SMILES string of the molecule is CCCN(CCC)c1ccc(N(c2ccc(N(CCC)CCC)cc2)c2ccc([NH+](c3ccc(N(CCC)CCC)cc3)c3ccc(N(CCC)CCC)cc3)cc2)cc1. The summed E-state index contributed by atoms with van der Waals surface area (Å²) in [6.45, 7) is 26.7. The van der Waals surface area contributed by atoms with Crippen LogP contribution in [0.2, 0.25) is 0 Å². The Bertz CT molecular complexity index is 1620. The van der Waals surface area contributed by atoms with Crippen LogP contribution in [0.3, 0.4) is 0 Å². The summed E-state index contributed by atoms with van der Waals surface area (Å²) in [5.74, 6) is 0. The zero-order chi connectivity index (χ0) is 42.7. The fourth-order valence-electron chi connectivity index (χ4n) is 8.67. The van der Waals surface area contributed by atoms with Crippen molar-refractivity contribution in [3.8, 4) is 0 Å². The van der Waals surface area contributed by atoms with Gasteiger partial charge in [-0.15, -0.1) is 0 Å². The van der Waals surface area contributed by atoms with Crippen LogP contribution in [-0.2, 0) is 0 Å². The van der Waals surface area contributed by atoms with E-state index in [9.17, 15) is 0 Å². The van der Waals surface area contributed by atoms with Crippen molar-refractivity contribution < 1.29 is 4.90 Å². The molecule has 0 saturated heterocycles. The highest BCUT2D eigenvalue weighted by Gasteiger charge is 2.22. The van der Waals surface area contributed by atoms with Crippen molar-refractivity contribution in [3.05, 3.63) is 121 Å². The molecule has 0 aliphatic carbocycles. The van der Waals surface area contributed by atoms with Crippen molar-refractivity contribution in [2.45, 2.75) is 107 Å². The highest BCUT2D eigenvalue weighted by atomic mass is 15.2. The minimum Gasteiger partial charge on any atom is -0.372 e. The molecule has 5 aromatic carbocycles. The van der Waals surface area contributed by atoms with Gasteiger partial charge in [0, 0.05) is 129 Å². The first-order valence-corrected chi connectivity index (χ1v) is 23.6. The van der Waals surface area contributed by atoms with E-state index in [0.717, 1.165) is 121 Å². The summed E-state index contributed by atoms with van der Waals surface area (Å²) in [5.41, 5.74) is 12.3. The Morgan fingerprint density at radius 3 is 0.617 bits per heavy atom. The molecule has 5 rings (SSSR count). The summed E-state index contributed by atoms with van der Waals surface area (Å²) in [7, 11) is 0. The number of rotatable bonds is 26. The van der Waals surface area contributed by atoms with Crippen LogP contribution in [0.25, 0.3) is 0 Å². The van der Waals surface area contributed by atoms with Gasteiger partial charge >= 0.3 is 0 Å². The summed E-state index contributed by atoms with van der Waals surface area (Å²) < 4.78 is 0. The van der Waals surface area contributed by atoms with E-state index in [1.807, 2.05) is 0 Å². The second-order valence-corrected chi connectivity index (χ2v) is 16.3. The van der Waals surface area contributed by atoms with E-state index in [1.54, 1.807) is 0 Å². The lowest BCUT2D eigenvalue weighted by Gasteiger charge is -2.29. The molecule has 0 aromatic heterocycles. The Hall–Kier alpha value is -4.94. The van der Waals surface area contributed by atoms with Crippen LogP contribution >= 0.6 is 0 Å². The first-order valence-electron chi connectivity index (χ1n) is 23.6. The Kier molecular flexibility index (Phi) is 18.7. The average Bonchev–Trinajstić information content (AvgIpc) is 3.28. The highest BCUT2D eigenvalue weighted by molar-refractivity contribution is 5.79. The van der Waals surface area contributed by atoms with E-state index in [4.69, 9.17) is 0 Å². The molecule has 0 aliphatic heterocycles. The highest BCUT2D eigenvalue weighted by Crippen LogP contribution is 2.37. The second kappa shape index (κ2) is 24.3. The maximum Gasteiger partial charge on any atom is 0.141 e. The van der Waals surface area contributed by atoms with E-state index >= 15 is 0 Å². The number of anilines is 7. The molecule has 0 heterocycles. The zero-order valence-electron chi connectivity index (χ0n) is 38.6. The predicted molar refractivity (Wildman–Crippen MR) is 265 cm³/mol. The minimum atomic E-state index is 1.07. The van der Waals surface area contributed by atoms with E-state index in [0.29, 0.717) is 0 Å². The molecule has 6 nitrogen and oxygen atoms in total. The average molecular weight is 810 g/mol. The van der Waals surface area contributed by atoms with Gasteiger partial charge < -0.3 is 24.5 Å². The Labute approximate surface area is 365 Å². The molecular weight excluding hydrogens is 733 g/mol. The van der Waals surface area contributed by atoms with Crippen LogP contribution in [0, 0.1) is 0 Å². The largest absolute Gasteiger partial charge is 0.372 e. The molecule has 6 heteroatoms. The fraction of sp³-hybridized carbons (Fsp3) is 0.444. The normalized spacial score (nSPS) is 11.2. The number of nitrogens with zero attached hydrogens (tertiary/aromatic N) is 5. The molecule has 5 aromatic rings. The lowest BCUT2D eigenvalue weighted by molar-refractivity contribution is -0.681. The third-order valence-corrected chi connectivity index (χ3v) is 11.4. The van der Waals surface area contributed by atoms with Crippen LogP contribution < -0.4 is 29.4 Å². The van der Waals surface area contributed by atoms with Crippen molar-refractivity contribution in [1.29, 1.82) is 0 Å². The van der Waals surface area contributed by atoms with Crippen LogP contribution in [0.1, 0.15) is 107 Å². The van der Waals surface area contributed by atoms with Gasteiger partial charge in [0.15, 0.2) is 0 Å². The van der Waals surface area contributed by atoms with Crippen molar-refractivity contribution in [3.63, 3.8) is 0 Å². The monoisotopic (exact) mass is 810 g/mol. The van der Waals surface area contributed by atoms with Gasteiger partial charge in [0.05, 0.1) is 0 Å². The number of hydrogen-bond acceptors (Lipinski definition) is 5. The molecule has 0 amide bonds. The van der Waals surface area contributed by atoms with Gasteiger partial charge in [-0.05, 0) is 136 Å². The van der Waals surface area contributed by atoms with Crippen molar-refractivity contribution >= 4 is 56.9 Å². The molecule has 0 unspecified atom stereocenters. The molecule has 0 spiro atoms. The van der Waals surface area contributed by atoms with E-state index in [-0.39, 0.29) is 0 Å². The molecule has 0 saturated carbocycles. The van der Waals surface area contributed by atoms with Gasteiger partial charge in [-0.3, -0.25) is 0 Å². The summed E-state index contributed by atoms with van der Waals surface area (Å²) in [6, 6.07) is 46.4. The molecule has 0 aliphatic rings. The summed E-state index contributed by atoms with van der Waals surface area (Å²) in [5, 5.41) is 0. The quantitative estimate of drug-likeness (QED) is 0.0599. The Balaban J connectivity index is 1.57. The first kappa shape index (κ1) is 46.1. The van der Waals surface area contributed by atoms with Gasteiger partial charge in [-0.1, -0.05) is 55.4 Å². The molecule has 0 fully saturated rings. The van der Waals surface area contributed by atoms with Gasteiger partial charge in [0.25, 0.3) is 0 Å². The van der Waals surface area contributed by atoms with Gasteiger partial charge in [0.2, 0.25) is 0 Å². The van der Waals surface area contributed by atoms with Crippen molar-refractivity contribution in [2.24, 2.45) is 0 Å². The second-order valence-electron chi connectivity index (χ2n) is 16.3. The molecule has 322 valence electrons. The van der Waals surface area contributed by atoms with E-state index in [2.05, 4.69) is 201 Å². The Morgan fingerprint density at radius 2 is 0.417 bits per heavy atom. The van der Waals surface area contributed by atoms with Crippen LogP contribution in [0.15, 0.2) is 121 Å². The third-order valence-electron chi connectivity index (χ3n) is 11.4. The van der Waals surface area contributed by atoms with E-state index in [1.165, 1.54) is 44.7 Å². The minimum absolute atomic E-state index is 1.07. The summed E-state index contributed by atoms with van der Waals surface area (Å²) in [6.07, 6.45) is 9.12. The smallest absolute Gasteiger partial charge is 0.141 e. The van der Waals surface area contributed by atoms with Gasteiger partial charge in [-0.2, -0.15) is 0 Å². The predicted octanol–water partition coefficient (Wildman–Crippen LogP) is 13.8. The Morgan fingerprint density at radius 1 is 0.250 bits per heavy atom. The van der Waals surface area contributed by atoms with Crippen LogP contribution in [0.4, 0.5) is 56.9 Å². The molecular formula is C54H77N6+. The zero-order valence-corrected chi connectivity index (χ0v) is 38.6. The van der Waals surface area contributed by atoms with E-state index < -0.39 is 0 Å². The maximum absolute atomic E-state index is 2.52. The van der Waals surface area contributed by atoms with Gasteiger partial charge in [-0.25, -0.2) is 4.90 Å². The lowest BCUT2D eigenvalue weighted by Crippen LogP contribution is -2.96. The standard InChI is InChI=1S/C54H76N6/c1-9-37-55(38-10-2)45-17-25-49(26-18-45)59(50-27-19-46(20-28-50)56(39-11-3)40-12-4)53-33-35-54(36-34-53)60(51-29-21-47(22-30-51)57(41-13-5)42-14-6)52-31-23-48(24-32-52)58(43-15-7)44-16-8/h17-36H,9-16,37-44H2,1-8H3/p+1. The molecule has 0 atom stereocenters. The van der Waals surface area contributed by atoms with Crippen LogP contribution in [-0.4, -0.2) is 52.4 Å². The number of benzene rings is 5. The molecule has 0 bridgehead atoms.